The van der Waals surface area contributed by atoms with Gasteiger partial charge in [-0.2, -0.15) is 0 Å². The molecule has 2 N–H and O–H groups in total. The van der Waals surface area contributed by atoms with Gasteiger partial charge >= 0.3 is 0 Å². The van der Waals surface area contributed by atoms with Crippen LogP contribution < -0.4 is 20.1 Å². The van der Waals surface area contributed by atoms with E-state index in [0.717, 1.165) is 17.2 Å². The molecule has 0 radical (unpaired) electrons. The van der Waals surface area contributed by atoms with Gasteiger partial charge in [0.15, 0.2) is 5.78 Å². The van der Waals surface area contributed by atoms with Crippen molar-refractivity contribution in [1.82, 2.24) is 4.57 Å². The summed E-state index contributed by atoms with van der Waals surface area (Å²) in [6.07, 6.45) is 1.99. The number of thiophene rings is 1. The van der Waals surface area contributed by atoms with Crippen molar-refractivity contribution >= 4 is 33.7 Å². The number of aromatic nitrogens is 1. The van der Waals surface area contributed by atoms with Crippen molar-refractivity contribution in [2.24, 2.45) is 0 Å². The molecule has 0 saturated carbocycles. The number of benzene rings is 2. The number of carbonyl (C=O) groups excluding carboxylic acids is 2. The third-order valence-electron chi connectivity index (χ3n) is 5.87. The molecule has 172 valence electrons. The van der Waals surface area contributed by atoms with Gasteiger partial charge in [0.25, 0.3) is 5.91 Å². The molecule has 1 unspecified atom stereocenters. The number of rotatable bonds is 6. The summed E-state index contributed by atoms with van der Waals surface area (Å²) in [5, 5.41) is 9.32. The summed E-state index contributed by atoms with van der Waals surface area (Å²) >= 11 is 1.60. The van der Waals surface area contributed by atoms with E-state index in [1.54, 1.807) is 53.8 Å². The van der Waals surface area contributed by atoms with E-state index in [0.29, 0.717) is 28.3 Å². The first-order valence-corrected chi connectivity index (χ1v) is 11.6. The molecule has 2 aromatic carbocycles. The quantitative estimate of drug-likeness (QED) is 0.376. The van der Waals surface area contributed by atoms with Gasteiger partial charge in [-0.25, -0.2) is 0 Å². The molecule has 1 aliphatic heterocycles. The Hall–Kier alpha value is -4.04. The Bertz CT molecular complexity index is 1330. The summed E-state index contributed by atoms with van der Waals surface area (Å²) < 4.78 is 12.7. The van der Waals surface area contributed by atoms with Crippen LogP contribution in [0.15, 0.2) is 72.2 Å². The zero-order valence-electron chi connectivity index (χ0n) is 18.7. The normalized spacial score (nSPS) is 14.2. The van der Waals surface area contributed by atoms with Crippen molar-refractivity contribution in [2.75, 3.05) is 24.9 Å². The molecule has 3 heterocycles. The summed E-state index contributed by atoms with van der Waals surface area (Å²) in [4.78, 5) is 26.4. The van der Waals surface area contributed by atoms with Crippen LogP contribution in [0.4, 0.5) is 10.7 Å². The number of hydrogen-bond acceptors (Lipinski definition) is 6. The maximum Gasteiger partial charge on any atom is 0.263 e. The highest BCUT2D eigenvalue weighted by Gasteiger charge is 2.28. The minimum atomic E-state index is -0.492. The lowest BCUT2D eigenvalue weighted by Crippen LogP contribution is -2.22. The smallest absolute Gasteiger partial charge is 0.263 e. The molecular formula is C26H23N3O4S. The minimum absolute atomic E-state index is 0.0366. The van der Waals surface area contributed by atoms with Crippen LogP contribution in [0.5, 0.6) is 11.5 Å². The molecule has 7 nitrogen and oxygen atoms in total. The molecule has 0 fully saturated rings. The van der Waals surface area contributed by atoms with Crippen LogP contribution in [-0.2, 0) is 6.54 Å². The number of carbonyl (C=O) groups is 2. The number of nitrogens with one attached hydrogen (secondary N) is 2. The number of ether oxygens (including phenoxy) is 2. The maximum atomic E-state index is 13.5. The van der Waals surface area contributed by atoms with Gasteiger partial charge in [-0.3, -0.25) is 9.59 Å². The van der Waals surface area contributed by atoms with Crippen molar-refractivity contribution in [3.05, 3.63) is 94.6 Å². The van der Waals surface area contributed by atoms with Crippen LogP contribution in [0.3, 0.4) is 0 Å². The van der Waals surface area contributed by atoms with Crippen LogP contribution >= 0.6 is 11.3 Å². The standard InChI is InChI=1S/C26H23N3O4S/c1-32-20-6-3-7-21(33-2)22(20)25(31)27-18-10-8-16(9-11-18)24(30)23-19-5-4-13-29(19)15-17-12-14-34-26(17)28-23/h3-14,23,28H,15H2,1-2H3,(H,27,31). The number of anilines is 2. The largest absolute Gasteiger partial charge is 0.496 e. The van der Waals surface area contributed by atoms with E-state index < -0.39 is 6.04 Å². The molecule has 1 aliphatic rings. The van der Waals surface area contributed by atoms with Gasteiger partial charge in [-0.05, 0) is 60.0 Å². The third-order valence-corrected chi connectivity index (χ3v) is 6.76. The van der Waals surface area contributed by atoms with Crippen molar-refractivity contribution in [1.29, 1.82) is 0 Å². The molecule has 34 heavy (non-hydrogen) atoms. The van der Waals surface area contributed by atoms with Crippen LogP contribution in [0.2, 0.25) is 0 Å². The molecular weight excluding hydrogens is 450 g/mol. The van der Waals surface area contributed by atoms with Crippen molar-refractivity contribution in [3.8, 4) is 11.5 Å². The van der Waals surface area contributed by atoms with E-state index in [1.165, 1.54) is 19.8 Å². The molecule has 0 bridgehead atoms. The number of amides is 1. The predicted molar refractivity (Wildman–Crippen MR) is 132 cm³/mol. The van der Waals surface area contributed by atoms with E-state index in [4.69, 9.17) is 9.47 Å². The van der Waals surface area contributed by atoms with E-state index in [-0.39, 0.29) is 11.7 Å². The third kappa shape index (κ3) is 3.92. The molecule has 0 aliphatic carbocycles. The molecule has 8 heteroatoms. The van der Waals surface area contributed by atoms with Gasteiger partial charge in [0, 0.05) is 28.7 Å². The number of fused-ring (bicyclic) bond motifs is 2. The monoisotopic (exact) mass is 473 g/mol. The molecule has 1 atom stereocenters. The lowest BCUT2D eigenvalue weighted by atomic mass is 10.0. The SMILES string of the molecule is COc1cccc(OC)c1C(=O)Nc1ccc(C(=O)C2Nc3sccc3Cn3cccc32)cc1. The second-order valence-corrected chi connectivity index (χ2v) is 8.76. The van der Waals surface area contributed by atoms with Gasteiger partial charge in [0.2, 0.25) is 0 Å². The first-order chi connectivity index (χ1) is 16.6. The number of hydrogen-bond donors (Lipinski definition) is 2. The number of Topliss-reactive ketones (excluding diaryl/α,β-unsaturated/α-hetero) is 1. The Kier molecular flexibility index (Phi) is 5.81. The van der Waals surface area contributed by atoms with Crippen LogP contribution in [-0.4, -0.2) is 30.5 Å². The molecule has 0 saturated heterocycles. The molecule has 1 amide bonds. The molecule has 5 rings (SSSR count). The Balaban J connectivity index is 1.37. The number of nitrogens with zero attached hydrogens (tertiary/aromatic N) is 1. The number of methoxy groups -OCH3 is 2. The second kappa shape index (κ2) is 9.07. The van der Waals surface area contributed by atoms with Gasteiger partial charge in [0.1, 0.15) is 23.1 Å². The van der Waals surface area contributed by atoms with Crippen molar-refractivity contribution in [2.45, 2.75) is 12.6 Å². The van der Waals surface area contributed by atoms with E-state index in [9.17, 15) is 9.59 Å². The highest BCUT2D eigenvalue weighted by molar-refractivity contribution is 7.14. The van der Waals surface area contributed by atoms with E-state index in [2.05, 4.69) is 21.3 Å². The molecule has 4 aromatic rings. The maximum absolute atomic E-state index is 13.5. The fraction of sp³-hybridized carbons (Fsp3) is 0.154. The summed E-state index contributed by atoms with van der Waals surface area (Å²) in [7, 11) is 3.01. The van der Waals surface area contributed by atoms with Gasteiger partial charge in [-0.15, -0.1) is 11.3 Å². The van der Waals surface area contributed by atoms with Gasteiger partial charge < -0.3 is 24.7 Å². The Morgan fingerprint density at radius 1 is 1.00 bits per heavy atom. The van der Waals surface area contributed by atoms with Crippen LogP contribution in [0, 0.1) is 0 Å². The first kappa shape index (κ1) is 21.8. The first-order valence-electron chi connectivity index (χ1n) is 10.7. The van der Waals surface area contributed by atoms with Crippen LogP contribution in [0.25, 0.3) is 0 Å². The lowest BCUT2D eigenvalue weighted by Gasteiger charge is -2.17. The summed E-state index contributed by atoms with van der Waals surface area (Å²) in [6.45, 7) is 0.731. The Labute approximate surface area is 200 Å². The van der Waals surface area contributed by atoms with Gasteiger partial charge in [0.05, 0.1) is 25.8 Å². The predicted octanol–water partition coefficient (Wildman–Crippen LogP) is 5.22. The van der Waals surface area contributed by atoms with E-state index in [1.807, 2.05) is 23.7 Å². The lowest BCUT2D eigenvalue weighted by molar-refractivity contribution is 0.0966. The second-order valence-electron chi connectivity index (χ2n) is 7.85. The Morgan fingerprint density at radius 2 is 1.74 bits per heavy atom. The van der Waals surface area contributed by atoms with Crippen molar-refractivity contribution < 1.29 is 19.1 Å². The summed E-state index contributed by atoms with van der Waals surface area (Å²) in [5.74, 6) is 0.436. The minimum Gasteiger partial charge on any atom is -0.496 e. The van der Waals surface area contributed by atoms with Crippen LogP contribution in [0.1, 0.15) is 38.0 Å². The summed E-state index contributed by atoms with van der Waals surface area (Å²) in [5.41, 5.74) is 3.52. The number of ketones is 1. The Morgan fingerprint density at radius 3 is 2.44 bits per heavy atom. The average Bonchev–Trinajstić information content (AvgIpc) is 3.49. The fourth-order valence-corrected chi connectivity index (χ4v) is 5.00. The fourth-order valence-electron chi connectivity index (χ4n) is 4.16. The van der Waals surface area contributed by atoms with Crippen molar-refractivity contribution in [3.63, 3.8) is 0 Å². The highest BCUT2D eigenvalue weighted by atomic mass is 32.1. The van der Waals surface area contributed by atoms with Gasteiger partial charge in [-0.1, -0.05) is 6.07 Å². The topological polar surface area (TPSA) is 81.6 Å². The highest BCUT2D eigenvalue weighted by Crippen LogP contribution is 2.35. The summed E-state index contributed by atoms with van der Waals surface area (Å²) in [6, 6.07) is 17.6. The molecule has 0 spiro atoms. The van der Waals surface area contributed by atoms with E-state index >= 15 is 0 Å². The average molecular weight is 474 g/mol. The zero-order valence-corrected chi connectivity index (χ0v) is 19.5. The zero-order chi connectivity index (χ0) is 23.7. The molecule has 2 aromatic heterocycles.